The highest BCUT2D eigenvalue weighted by Crippen LogP contribution is 2.19. The molecule has 1 aliphatic heterocycles. The van der Waals surface area contributed by atoms with E-state index in [1.807, 2.05) is 24.3 Å². The van der Waals surface area contributed by atoms with Gasteiger partial charge in [-0.1, -0.05) is 0 Å². The van der Waals surface area contributed by atoms with E-state index in [4.69, 9.17) is 10.5 Å². The van der Waals surface area contributed by atoms with E-state index in [-0.39, 0.29) is 24.4 Å². The van der Waals surface area contributed by atoms with Gasteiger partial charge in [-0.25, -0.2) is 4.98 Å². The van der Waals surface area contributed by atoms with Crippen molar-refractivity contribution in [2.24, 2.45) is 5.73 Å². The lowest BCUT2D eigenvalue weighted by molar-refractivity contribution is -0.119. The van der Waals surface area contributed by atoms with Crippen LogP contribution in [0, 0.1) is 0 Å². The van der Waals surface area contributed by atoms with Gasteiger partial charge in [-0.2, -0.15) is 5.10 Å². The Bertz CT molecular complexity index is 653. The molecule has 0 spiro atoms. The van der Waals surface area contributed by atoms with Gasteiger partial charge in [0.1, 0.15) is 5.82 Å². The van der Waals surface area contributed by atoms with E-state index in [1.54, 1.807) is 0 Å². The molecule has 1 aromatic heterocycles. The number of anilines is 1. The number of H-pyrrole nitrogens is 1. The molecule has 1 unspecified atom stereocenters. The molecule has 1 fully saturated rings. The molecule has 0 aliphatic carbocycles. The fourth-order valence-electron chi connectivity index (χ4n) is 2.61. The molecule has 8 heteroatoms. The molecule has 1 saturated heterocycles. The summed E-state index contributed by atoms with van der Waals surface area (Å²) >= 11 is 0. The first-order chi connectivity index (χ1) is 11.2. The highest BCUT2D eigenvalue weighted by molar-refractivity contribution is 5.91. The first kappa shape index (κ1) is 18.4. The zero-order valence-corrected chi connectivity index (χ0v) is 14.1. The molecule has 7 nitrogen and oxygen atoms in total. The molecule has 3 rings (SSSR count). The summed E-state index contributed by atoms with van der Waals surface area (Å²) in [6.45, 7) is 1.08. The number of rotatable bonds is 5. The Hall–Kier alpha value is -1.96. The highest BCUT2D eigenvalue weighted by atomic mass is 35.5. The van der Waals surface area contributed by atoms with E-state index in [0.29, 0.717) is 24.6 Å². The number of amides is 1. The van der Waals surface area contributed by atoms with E-state index in [0.717, 1.165) is 37.1 Å². The summed E-state index contributed by atoms with van der Waals surface area (Å²) in [6.07, 6.45) is 3.63. The van der Waals surface area contributed by atoms with Crippen LogP contribution in [0.1, 0.15) is 31.5 Å². The van der Waals surface area contributed by atoms with Crippen LogP contribution >= 0.6 is 12.4 Å². The van der Waals surface area contributed by atoms with Crippen LogP contribution in [-0.2, 0) is 16.1 Å². The van der Waals surface area contributed by atoms with E-state index in [9.17, 15) is 4.79 Å². The zero-order valence-electron chi connectivity index (χ0n) is 13.3. The fraction of sp³-hybridized carbons (Fsp3) is 0.438. The zero-order chi connectivity index (χ0) is 16.1. The molecule has 1 atom stereocenters. The third-order valence-corrected chi connectivity index (χ3v) is 3.84. The second kappa shape index (κ2) is 8.77. The minimum Gasteiger partial charge on any atom is -0.378 e. The van der Waals surface area contributed by atoms with E-state index >= 15 is 0 Å². The molecule has 24 heavy (non-hydrogen) atoms. The topological polar surface area (TPSA) is 106 Å². The average molecular weight is 352 g/mol. The van der Waals surface area contributed by atoms with Crippen molar-refractivity contribution in [1.82, 2.24) is 15.2 Å². The molecular formula is C16H22ClN5O2. The fourth-order valence-corrected chi connectivity index (χ4v) is 2.61. The number of aromatic nitrogens is 3. The standard InChI is InChI=1S/C16H21N5O2.ClH/c17-10-14-19-16(21-20-14)11-4-6-12(7-5-11)18-15(22)9-13-3-1-2-8-23-13;/h4-7,13H,1-3,8-10,17H2,(H,18,22)(H,19,20,21);1H. The Kier molecular flexibility index (Phi) is 6.72. The number of aromatic amines is 1. The van der Waals surface area contributed by atoms with Crippen molar-refractivity contribution in [1.29, 1.82) is 0 Å². The summed E-state index contributed by atoms with van der Waals surface area (Å²) < 4.78 is 5.59. The van der Waals surface area contributed by atoms with Gasteiger partial charge in [0.25, 0.3) is 0 Å². The number of hydrogen-bond donors (Lipinski definition) is 3. The number of benzene rings is 1. The quantitative estimate of drug-likeness (QED) is 0.766. The van der Waals surface area contributed by atoms with E-state index in [1.165, 1.54) is 0 Å². The summed E-state index contributed by atoms with van der Waals surface area (Å²) in [5, 5.41) is 9.78. The molecule has 0 saturated carbocycles. The Morgan fingerprint density at radius 2 is 2.12 bits per heavy atom. The van der Waals surface area contributed by atoms with E-state index in [2.05, 4.69) is 20.5 Å². The highest BCUT2D eigenvalue weighted by Gasteiger charge is 2.17. The minimum absolute atomic E-state index is 0. The van der Waals surface area contributed by atoms with Crippen molar-refractivity contribution in [3.8, 4) is 11.4 Å². The normalized spacial score (nSPS) is 17.1. The number of nitrogens with two attached hydrogens (primary N) is 1. The third kappa shape index (κ3) is 4.77. The van der Waals surface area contributed by atoms with Crippen LogP contribution in [0.5, 0.6) is 0 Å². The van der Waals surface area contributed by atoms with Gasteiger partial charge in [0.2, 0.25) is 5.91 Å². The Morgan fingerprint density at radius 3 is 2.75 bits per heavy atom. The summed E-state index contributed by atoms with van der Waals surface area (Å²) in [5.74, 6) is 1.22. The maximum absolute atomic E-state index is 12.0. The summed E-state index contributed by atoms with van der Waals surface area (Å²) in [4.78, 5) is 16.3. The summed E-state index contributed by atoms with van der Waals surface area (Å²) in [5.41, 5.74) is 7.13. The molecule has 2 heterocycles. The number of carbonyl (C=O) groups excluding carboxylic acids is 1. The number of halogens is 1. The molecule has 0 bridgehead atoms. The first-order valence-electron chi connectivity index (χ1n) is 7.88. The largest absolute Gasteiger partial charge is 0.378 e. The van der Waals surface area contributed by atoms with Gasteiger partial charge in [-0.3, -0.25) is 9.89 Å². The summed E-state index contributed by atoms with van der Waals surface area (Å²) in [7, 11) is 0. The van der Waals surface area contributed by atoms with Crippen LogP contribution in [0.15, 0.2) is 24.3 Å². The molecule has 0 radical (unpaired) electrons. The number of carbonyl (C=O) groups is 1. The monoisotopic (exact) mass is 351 g/mol. The molecule has 1 aromatic carbocycles. The molecule has 4 N–H and O–H groups in total. The summed E-state index contributed by atoms with van der Waals surface area (Å²) in [6, 6.07) is 7.42. The van der Waals surface area contributed by atoms with Gasteiger partial charge < -0.3 is 15.8 Å². The van der Waals surface area contributed by atoms with Gasteiger partial charge in [-0.05, 0) is 43.5 Å². The van der Waals surface area contributed by atoms with Crippen molar-refractivity contribution in [3.63, 3.8) is 0 Å². The molecule has 130 valence electrons. The number of ether oxygens (including phenoxy) is 1. The van der Waals surface area contributed by atoms with Gasteiger partial charge >= 0.3 is 0 Å². The Morgan fingerprint density at radius 1 is 1.33 bits per heavy atom. The van der Waals surface area contributed by atoms with E-state index < -0.39 is 0 Å². The van der Waals surface area contributed by atoms with Crippen LogP contribution in [0.4, 0.5) is 5.69 Å². The molecular weight excluding hydrogens is 330 g/mol. The van der Waals surface area contributed by atoms with Crippen molar-refractivity contribution in [2.75, 3.05) is 11.9 Å². The number of nitrogens with zero attached hydrogens (tertiary/aromatic N) is 2. The smallest absolute Gasteiger partial charge is 0.226 e. The van der Waals surface area contributed by atoms with Crippen molar-refractivity contribution in [2.45, 2.75) is 38.3 Å². The first-order valence-corrected chi connectivity index (χ1v) is 7.88. The lowest BCUT2D eigenvalue weighted by Gasteiger charge is -2.21. The molecule has 2 aromatic rings. The Labute approximate surface area is 146 Å². The van der Waals surface area contributed by atoms with Crippen molar-refractivity contribution in [3.05, 3.63) is 30.1 Å². The SMILES string of the molecule is Cl.NCc1nc(-c2ccc(NC(=O)CC3CCCCO3)cc2)n[nH]1. The van der Waals surface area contributed by atoms with Gasteiger partial charge in [-0.15, -0.1) is 12.4 Å². The maximum Gasteiger partial charge on any atom is 0.226 e. The second-order valence-corrected chi connectivity index (χ2v) is 5.63. The second-order valence-electron chi connectivity index (χ2n) is 5.63. The minimum atomic E-state index is -0.0204. The van der Waals surface area contributed by atoms with Gasteiger partial charge in [0.15, 0.2) is 5.82 Å². The average Bonchev–Trinajstić information content (AvgIpc) is 3.05. The van der Waals surface area contributed by atoms with Crippen molar-refractivity contribution >= 4 is 24.0 Å². The number of nitrogens with one attached hydrogen (secondary N) is 2. The lowest BCUT2D eigenvalue weighted by atomic mass is 10.1. The van der Waals surface area contributed by atoms with Crippen LogP contribution in [0.25, 0.3) is 11.4 Å². The van der Waals surface area contributed by atoms with Crippen LogP contribution in [0.2, 0.25) is 0 Å². The predicted octanol–water partition coefficient (Wildman–Crippen LogP) is 2.25. The predicted molar refractivity (Wildman–Crippen MR) is 93.8 cm³/mol. The number of hydrogen-bond acceptors (Lipinski definition) is 5. The van der Waals surface area contributed by atoms with Gasteiger partial charge in [0, 0.05) is 17.9 Å². The molecule has 1 aliphatic rings. The van der Waals surface area contributed by atoms with Crippen LogP contribution < -0.4 is 11.1 Å². The van der Waals surface area contributed by atoms with Crippen LogP contribution in [-0.4, -0.2) is 33.8 Å². The maximum atomic E-state index is 12.0. The lowest BCUT2D eigenvalue weighted by Crippen LogP contribution is -2.25. The van der Waals surface area contributed by atoms with Gasteiger partial charge in [0.05, 0.1) is 19.1 Å². The van der Waals surface area contributed by atoms with Crippen LogP contribution in [0.3, 0.4) is 0 Å². The van der Waals surface area contributed by atoms with Crippen molar-refractivity contribution < 1.29 is 9.53 Å². The third-order valence-electron chi connectivity index (χ3n) is 3.84. The molecule has 1 amide bonds. The Balaban J connectivity index is 0.00000208.